The van der Waals surface area contributed by atoms with Crippen LogP contribution in [0.4, 0.5) is 5.69 Å². The molecular weight excluding hydrogens is 194 g/mol. The highest BCUT2D eigenvalue weighted by atomic mass is 14.6. The Balaban J connectivity index is 2.24. The molecule has 84 valence electrons. The smallest absolute Gasteiger partial charge is 0.0317 e. The van der Waals surface area contributed by atoms with Crippen molar-refractivity contribution in [3.05, 3.63) is 34.9 Å². The van der Waals surface area contributed by atoms with Gasteiger partial charge in [-0.2, -0.15) is 0 Å². The fraction of sp³-hybridized carbons (Fsp3) is 0.467. The molecule has 0 heterocycles. The molecule has 0 aliphatic heterocycles. The SMILES string of the molecule is CC1(C)C2=C(CCCC2)c2ccc(N)cc21. The lowest BCUT2D eigenvalue weighted by atomic mass is 9.77. The van der Waals surface area contributed by atoms with Gasteiger partial charge in [0.15, 0.2) is 0 Å². The lowest BCUT2D eigenvalue weighted by Gasteiger charge is -2.26. The summed E-state index contributed by atoms with van der Waals surface area (Å²) in [6.45, 7) is 4.69. The summed E-state index contributed by atoms with van der Waals surface area (Å²) >= 11 is 0. The molecule has 2 aliphatic rings. The van der Waals surface area contributed by atoms with Crippen molar-refractivity contribution in [1.29, 1.82) is 0 Å². The molecule has 0 unspecified atom stereocenters. The minimum Gasteiger partial charge on any atom is -0.399 e. The first-order valence-corrected chi connectivity index (χ1v) is 6.23. The number of nitrogen functional groups attached to an aromatic ring is 1. The second-order valence-electron chi connectivity index (χ2n) is 5.59. The van der Waals surface area contributed by atoms with Gasteiger partial charge < -0.3 is 5.73 Å². The highest BCUT2D eigenvalue weighted by molar-refractivity contribution is 5.81. The topological polar surface area (TPSA) is 26.0 Å². The molecule has 0 saturated heterocycles. The van der Waals surface area contributed by atoms with Crippen molar-refractivity contribution in [3.8, 4) is 0 Å². The van der Waals surface area contributed by atoms with E-state index < -0.39 is 0 Å². The summed E-state index contributed by atoms with van der Waals surface area (Å²) in [6, 6.07) is 6.44. The molecule has 0 spiro atoms. The largest absolute Gasteiger partial charge is 0.399 e. The van der Waals surface area contributed by atoms with Crippen molar-refractivity contribution in [2.45, 2.75) is 44.9 Å². The number of anilines is 1. The van der Waals surface area contributed by atoms with Crippen LogP contribution in [0.2, 0.25) is 0 Å². The normalized spacial score (nSPS) is 21.9. The molecule has 0 aromatic heterocycles. The van der Waals surface area contributed by atoms with Crippen LogP contribution < -0.4 is 5.73 Å². The predicted molar refractivity (Wildman–Crippen MR) is 69.3 cm³/mol. The molecule has 1 heteroatoms. The Hall–Kier alpha value is -1.24. The summed E-state index contributed by atoms with van der Waals surface area (Å²) in [5, 5.41) is 0. The molecule has 16 heavy (non-hydrogen) atoms. The lowest BCUT2D eigenvalue weighted by molar-refractivity contribution is 0.574. The highest BCUT2D eigenvalue weighted by Crippen LogP contribution is 2.51. The summed E-state index contributed by atoms with van der Waals surface area (Å²) < 4.78 is 0. The Kier molecular flexibility index (Phi) is 1.95. The van der Waals surface area contributed by atoms with Gasteiger partial charge >= 0.3 is 0 Å². The number of hydrogen-bond acceptors (Lipinski definition) is 1. The van der Waals surface area contributed by atoms with Crippen LogP contribution >= 0.6 is 0 Å². The number of nitrogens with two attached hydrogens (primary N) is 1. The minimum atomic E-state index is 0.209. The van der Waals surface area contributed by atoms with E-state index in [-0.39, 0.29) is 5.41 Å². The molecule has 0 bridgehead atoms. The van der Waals surface area contributed by atoms with E-state index in [4.69, 9.17) is 5.73 Å². The zero-order chi connectivity index (χ0) is 11.3. The van der Waals surface area contributed by atoms with E-state index in [0.29, 0.717) is 0 Å². The molecule has 2 N–H and O–H groups in total. The van der Waals surface area contributed by atoms with Crippen molar-refractivity contribution in [2.75, 3.05) is 5.73 Å². The standard InChI is InChI=1S/C15H19N/c1-15(2)13-6-4-3-5-11(13)12-8-7-10(16)9-14(12)15/h7-9H,3-6,16H2,1-2H3. The second kappa shape index (κ2) is 3.13. The maximum absolute atomic E-state index is 5.92. The first kappa shape index (κ1) is 9.95. The van der Waals surface area contributed by atoms with Crippen LogP contribution in [0.15, 0.2) is 23.8 Å². The summed E-state index contributed by atoms with van der Waals surface area (Å²) in [5.41, 5.74) is 13.2. The van der Waals surface area contributed by atoms with E-state index in [0.717, 1.165) is 5.69 Å². The molecule has 2 aliphatic carbocycles. The van der Waals surface area contributed by atoms with Gasteiger partial charge in [-0.25, -0.2) is 0 Å². The Morgan fingerprint density at radius 2 is 1.88 bits per heavy atom. The molecule has 0 radical (unpaired) electrons. The molecule has 1 aromatic carbocycles. The van der Waals surface area contributed by atoms with Gasteiger partial charge in [-0.1, -0.05) is 25.5 Å². The zero-order valence-electron chi connectivity index (χ0n) is 10.1. The van der Waals surface area contributed by atoms with Gasteiger partial charge in [0, 0.05) is 11.1 Å². The Labute approximate surface area is 97.4 Å². The van der Waals surface area contributed by atoms with Gasteiger partial charge in [0.25, 0.3) is 0 Å². The predicted octanol–water partition coefficient (Wildman–Crippen LogP) is 3.89. The summed E-state index contributed by atoms with van der Waals surface area (Å²) in [7, 11) is 0. The van der Waals surface area contributed by atoms with Crippen LogP contribution in [0.1, 0.15) is 50.7 Å². The molecule has 0 atom stereocenters. The monoisotopic (exact) mass is 213 g/mol. The number of allylic oxidation sites excluding steroid dienone is 2. The Bertz CT molecular complexity index is 480. The highest BCUT2D eigenvalue weighted by Gasteiger charge is 2.38. The van der Waals surface area contributed by atoms with Gasteiger partial charge in [-0.05, 0) is 54.5 Å². The van der Waals surface area contributed by atoms with E-state index >= 15 is 0 Å². The number of fused-ring (bicyclic) bond motifs is 2. The van der Waals surface area contributed by atoms with Gasteiger partial charge in [0.05, 0.1) is 0 Å². The molecule has 0 amide bonds. The molecular formula is C15H19N. The molecule has 1 aromatic rings. The Morgan fingerprint density at radius 3 is 2.69 bits per heavy atom. The third kappa shape index (κ3) is 1.17. The van der Waals surface area contributed by atoms with E-state index in [1.54, 1.807) is 11.1 Å². The van der Waals surface area contributed by atoms with Crippen LogP contribution in [0.25, 0.3) is 5.57 Å². The molecule has 1 nitrogen and oxygen atoms in total. The maximum Gasteiger partial charge on any atom is 0.0317 e. The average Bonchev–Trinajstić information content (AvgIpc) is 2.49. The van der Waals surface area contributed by atoms with E-state index in [2.05, 4.69) is 26.0 Å². The van der Waals surface area contributed by atoms with Gasteiger partial charge in [-0.3, -0.25) is 0 Å². The quantitative estimate of drug-likeness (QED) is 0.650. The molecule has 0 saturated carbocycles. The number of benzene rings is 1. The van der Waals surface area contributed by atoms with E-state index in [9.17, 15) is 0 Å². The van der Waals surface area contributed by atoms with Gasteiger partial charge in [0.1, 0.15) is 0 Å². The van der Waals surface area contributed by atoms with Crippen LogP contribution in [-0.4, -0.2) is 0 Å². The first-order chi connectivity index (χ1) is 7.60. The van der Waals surface area contributed by atoms with Crippen molar-refractivity contribution in [1.82, 2.24) is 0 Å². The average molecular weight is 213 g/mol. The fourth-order valence-electron chi connectivity index (χ4n) is 3.40. The summed E-state index contributed by atoms with van der Waals surface area (Å²) in [6.07, 6.45) is 5.23. The Morgan fingerprint density at radius 1 is 1.12 bits per heavy atom. The van der Waals surface area contributed by atoms with E-state index in [1.165, 1.54) is 36.8 Å². The van der Waals surface area contributed by atoms with Crippen molar-refractivity contribution in [2.24, 2.45) is 0 Å². The van der Waals surface area contributed by atoms with Crippen molar-refractivity contribution in [3.63, 3.8) is 0 Å². The van der Waals surface area contributed by atoms with E-state index in [1.807, 2.05) is 6.07 Å². The van der Waals surface area contributed by atoms with Crippen LogP contribution in [0.5, 0.6) is 0 Å². The van der Waals surface area contributed by atoms with Crippen molar-refractivity contribution >= 4 is 11.3 Å². The second-order valence-corrected chi connectivity index (χ2v) is 5.59. The van der Waals surface area contributed by atoms with Crippen LogP contribution in [-0.2, 0) is 5.41 Å². The molecule has 3 rings (SSSR count). The maximum atomic E-state index is 5.92. The zero-order valence-corrected chi connectivity index (χ0v) is 10.1. The van der Waals surface area contributed by atoms with Crippen LogP contribution in [0.3, 0.4) is 0 Å². The summed E-state index contributed by atoms with van der Waals surface area (Å²) in [4.78, 5) is 0. The van der Waals surface area contributed by atoms with Crippen molar-refractivity contribution < 1.29 is 0 Å². The number of rotatable bonds is 0. The third-order valence-corrected chi connectivity index (χ3v) is 4.26. The van der Waals surface area contributed by atoms with Gasteiger partial charge in [0.2, 0.25) is 0 Å². The fourth-order valence-corrected chi connectivity index (χ4v) is 3.40. The van der Waals surface area contributed by atoms with Crippen LogP contribution in [0, 0.1) is 0 Å². The summed E-state index contributed by atoms with van der Waals surface area (Å²) in [5.74, 6) is 0. The third-order valence-electron chi connectivity index (χ3n) is 4.26. The minimum absolute atomic E-state index is 0.209. The van der Waals surface area contributed by atoms with Gasteiger partial charge in [-0.15, -0.1) is 0 Å². The molecule has 0 fully saturated rings. The first-order valence-electron chi connectivity index (χ1n) is 6.23. The lowest BCUT2D eigenvalue weighted by Crippen LogP contribution is -2.18. The number of hydrogen-bond donors (Lipinski definition) is 1.